The highest BCUT2D eigenvalue weighted by Gasteiger charge is 2.20. The minimum atomic E-state index is 0.192. The normalized spacial score (nSPS) is 16.5. The van der Waals surface area contributed by atoms with Crippen LogP contribution in [0.1, 0.15) is 19.3 Å². The molecule has 1 aliphatic rings. The molecular weight excluding hydrogens is 244 g/mol. The number of anilines is 2. The molecule has 1 saturated heterocycles. The molecule has 0 bridgehead atoms. The lowest BCUT2D eigenvalue weighted by Gasteiger charge is -2.24. The Labute approximate surface area is 113 Å². The zero-order valence-corrected chi connectivity index (χ0v) is 11.6. The maximum atomic E-state index is 12.2. The van der Waals surface area contributed by atoms with E-state index >= 15 is 0 Å². The lowest BCUT2D eigenvalue weighted by molar-refractivity contribution is -0.119. The summed E-state index contributed by atoms with van der Waals surface area (Å²) in [6, 6.07) is 7.48. The minimum Gasteiger partial charge on any atom is -0.399 e. The van der Waals surface area contributed by atoms with E-state index in [2.05, 4.69) is 0 Å². The summed E-state index contributed by atoms with van der Waals surface area (Å²) in [5.74, 6) is 3.14. The standard InChI is InChI=1S/C14H20N2OS/c1-16(13-4-2-3-12(15)10-13)14(17)9-11-5-7-18-8-6-11/h2-4,10-11H,5-9,15H2,1H3. The molecule has 1 aromatic rings. The van der Waals surface area contributed by atoms with Gasteiger partial charge >= 0.3 is 0 Å². The van der Waals surface area contributed by atoms with Crippen LogP contribution in [0.15, 0.2) is 24.3 Å². The average Bonchev–Trinajstić information content (AvgIpc) is 2.39. The molecule has 0 aromatic heterocycles. The predicted octanol–water partition coefficient (Wildman–Crippen LogP) is 2.76. The summed E-state index contributed by atoms with van der Waals surface area (Å²) < 4.78 is 0. The molecule has 3 nitrogen and oxygen atoms in total. The van der Waals surface area contributed by atoms with Crippen LogP contribution < -0.4 is 10.6 Å². The van der Waals surface area contributed by atoms with E-state index < -0.39 is 0 Å². The number of hydrogen-bond donors (Lipinski definition) is 1. The lowest BCUT2D eigenvalue weighted by Crippen LogP contribution is -2.29. The van der Waals surface area contributed by atoms with Gasteiger partial charge in [-0.3, -0.25) is 4.79 Å². The van der Waals surface area contributed by atoms with Crippen LogP contribution in [0.2, 0.25) is 0 Å². The summed E-state index contributed by atoms with van der Waals surface area (Å²) in [5.41, 5.74) is 7.32. The highest BCUT2D eigenvalue weighted by molar-refractivity contribution is 7.99. The lowest BCUT2D eigenvalue weighted by atomic mass is 9.98. The number of carbonyl (C=O) groups is 1. The van der Waals surface area contributed by atoms with Crippen LogP contribution in [0, 0.1) is 5.92 Å². The second-order valence-corrected chi connectivity index (χ2v) is 6.03. The van der Waals surface area contributed by atoms with E-state index in [9.17, 15) is 4.79 Å². The van der Waals surface area contributed by atoms with Gasteiger partial charge in [0.05, 0.1) is 0 Å². The smallest absolute Gasteiger partial charge is 0.226 e. The topological polar surface area (TPSA) is 46.3 Å². The number of hydrogen-bond acceptors (Lipinski definition) is 3. The Kier molecular flexibility index (Phi) is 4.53. The van der Waals surface area contributed by atoms with Crippen molar-refractivity contribution in [1.82, 2.24) is 0 Å². The Morgan fingerprint density at radius 1 is 1.44 bits per heavy atom. The first-order valence-corrected chi connectivity index (χ1v) is 7.52. The molecule has 1 heterocycles. The van der Waals surface area contributed by atoms with Gasteiger partial charge in [0.1, 0.15) is 0 Å². The first-order valence-electron chi connectivity index (χ1n) is 6.36. The van der Waals surface area contributed by atoms with Crippen molar-refractivity contribution in [3.8, 4) is 0 Å². The van der Waals surface area contributed by atoms with E-state index in [1.807, 2.05) is 43.1 Å². The van der Waals surface area contributed by atoms with Crippen molar-refractivity contribution in [2.45, 2.75) is 19.3 Å². The molecule has 2 rings (SSSR count). The van der Waals surface area contributed by atoms with Crippen LogP contribution >= 0.6 is 11.8 Å². The molecule has 0 radical (unpaired) electrons. The van der Waals surface area contributed by atoms with Crippen molar-refractivity contribution in [3.05, 3.63) is 24.3 Å². The van der Waals surface area contributed by atoms with Crippen molar-refractivity contribution in [2.24, 2.45) is 5.92 Å². The number of nitrogens with two attached hydrogens (primary N) is 1. The maximum Gasteiger partial charge on any atom is 0.226 e. The first kappa shape index (κ1) is 13.3. The van der Waals surface area contributed by atoms with E-state index in [0.29, 0.717) is 18.0 Å². The van der Waals surface area contributed by atoms with Gasteiger partial charge in [0.15, 0.2) is 0 Å². The highest BCUT2D eigenvalue weighted by atomic mass is 32.2. The molecule has 0 spiro atoms. The third-order valence-electron chi connectivity index (χ3n) is 3.44. The molecule has 1 aromatic carbocycles. The van der Waals surface area contributed by atoms with Crippen LogP contribution in [0.3, 0.4) is 0 Å². The summed E-state index contributed by atoms with van der Waals surface area (Å²) in [5, 5.41) is 0. The molecule has 1 aliphatic heterocycles. The second-order valence-electron chi connectivity index (χ2n) is 4.81. The quantitative estimate of drug-likeness (QED) is 0.854. The van der Waals surface area contributed by atoms with Gasteiger partial charge in [0, 0.05) is 24.8 Å². The summed E-state index contributed by atoms with van der Waals surface area (Å²) >= 11 is 1.99. The molecule has 1 fully saturated rings. The molecule has 4 heteroatoms. The number of nitrogens with zero attached hydrogens (tertiary/aromatic N) is 1. The molecule has 1 amide bonds. The fourth-order valence-corrected chi connectivity index (χ4v) is 3.42. The number of nitrogen functional groups attached to an aromatic ring is 1. The van der Waals surface area contributed by atoms with Crippen molar-refractivity contribution < 1.29 is 4.79 Å². The number of benzene rings is 1. The largest absolute Gasteiger partial charge is 0.399 e. The summed E-state index contributed by atoms with van der Waals surface area (Å²) in [4.78, 5) is 13.9. The van der Waals surface area contributed by atoms with Crippen LogP contribution in [-0.4, -0.2) is 24.5 Å². The van der Waals surface area contributed by atoms with Crippen LogP contribution in [0.25, 0.3) is 0 Å². The summed E-state index contributed by atoms with van der Waals surface area (Å²) in [6.45, 7) is 0. The second kappa shape index (κ2) is 6.14. The van der Waals surface area contributed by atoms with Gasteiger partial charge in [-0.25, -0.2) is 0 Å². The van der Waals surface area contributed by atoms with Crippen molar-refractivity contribution in [3.63, 3.8) is 0 Å². The van der Waals surface area contributed by atoms with Crippen LogP contribution in [-0.2, 0) is 4.79 Å². The predicted molar refractivity (Wildman–Crippen MR) is 78.9 cm³/mol. The minimum absolute atomic E-state index is 0.192. The molecule has 0 aliphatic carbocycles. The number of thioether (sulfide) groups is 1. The maximum absolute atomic E-state index is 12.2. The molecule has 0 saturated carbocycles. The van der Waals surface area contributed by atoms with Crippen molar-refractivity contribution in [2.75, 3.05) is 29.2 Å². The van der Waals surface area contributed by atoms with Crippen molar-refractivity contribution >= 4 is 29.0 Å². The zero-order chi connectivity index (χ0) is 13.0. The van der Waals surface area contributed by atoms with E-state index in [1.54, 1.807) is 4.90 Å². The SMILES string of the molecule is CN(C(=O)CC1CCSCC1)c1cccc(N)c1. The van der Waals surface area contributed by atoms with E-state index in [4.69, 9.17) is 5.73 Å². The van der Waals surface area contributed by atoms with Gasteiger partial charge in [-0.05, 0) is 48.5 Å². The molecule has 2 N–H and O–H groups in total. The van der Waals surface area contributed by atoms with Crippen LogP contribution in [0.4, 0.5) is 11.4 Å². The Morgan fingerprint density at radius 2 is 2.17 bits per heavy atom. The van der Waals surface area contributed by atoms with Gasteiger partial charge in [0.25, 0.3) is 0 Å². The molecule has 98 valence electrons. The molecule has 0 unspecified atom stereocenters. The third kappa shape index (κ3) is 3.42. The fraction of sp³-hybridized carbons (Fsp3) is 0.500. The Bertz CT molecular complexity index is 416. The monoisotopic (exact) mass is 264 g/mol. The van der Waals surface area contributed by atoms with Gasteiger partial charge in [-0.2, -0.15) is 11.8 Å². The molecule has 0 atom stereocenters. The average molecular weight is 264 g/mol. The summed E-state index contributed by atoms with van der Waals surface area (Å²) in [6.07, 6.45) is 2.99. The molecule has 18 heavy (non-hydrogen) atoms. The Balaban J connectivity index is 1.95. The van der Waals surface area contributed by atoms with Crippen molar-refractivity contribution in [1.29, 1.82) is 0 Å². The van der Waals surface area contributed by atoms with Gasteiger partial charge in [0.2, 0.25) is 5.91 Å². The van der Waals surface area contributed by atoms with Gasteiger partial charge < -0.3 is 10.6 Å². The summed E-state index contributed by atoms with van der Waals surface area (Å²) in [7, 11) is 1.83. The number of carbonyl (C=O) groups excluding carboxylic acids is 1. The van der Waals surface area contributed by atoms with Gasteiger partial charge in [-0.1, -0.05) is 6.07 Å². The van der Waals surface area contributed by atoms with E-state index in [-0.39, 0.29) is 5.91 Å². The zero-order valence-electron chi connectivity index (χ0n) is 10.8. The highest BCUT2D eigenvalue weighted by Crippen LogP contribution is 2.26. The van der Waals surface area contributed by atoms with Crippen LogP contribution in [0.5, 0.6) is 0 Å². The van der Waals surface area contributed by atoms with Gasteiger partial charge in [-0.15, -0.1) is 0 Å². The molecular formula is C14H20N2OS. The van der Waals surface area contributed by atoms with E-state index in [1.165, 1.54) is 24.3 Å². The number of rotatable bonds is 3. The third-order valence-corrected chi connectivity index (χ3v) is 4.48. The fourth-order valence-electron chi connectivity index (χ4n) is 2.21. The van der Waals surface area contributed by atoms with E-state index in [0.717, 1.165) is 5.69 Å². The number of amides is 1. The Morgan fingerprint density at radius 3 is 2.83 bits per heavy atom. The first-order chi connectivity index (χ1) is 8.66. The Hall–Kier alpha value is -1.16.